The molecule has 2 rings (SSSR count). The molecule has 0 bridgehead atoms. The van der Waals surface area contributed by atoms with Crippen LogP contribution < -0.4 is 0 Å². The van der Waals surface area contributed by atoms with E-state index in [2.05, 4.69) is 9.97 Å². The number of rotatable bonds is 1. The first-order valence-corrected chi connectivity index (χ1v) is 4.75. The van der Waals surface area contributed by atoms with Crippen molar-refractivity contribution in [3.63, 3.8) is 0 Å². The molecule has 0 unspecified atom stereocenters. The quantitative estimate of drug-likeness (QED) is 0.769. The van der Waals surface area contributed by atoms with Crippen molar-refractivity contribution in [3.8, 4) is 17.0 Å². The summed E-state index contributed by atoms with van der Waals surface area (Å²) in [6.07, 6.45) is 3.23. The number of hydrogen-bond donors (Lipinski definition) is 1. The predicted molar refractivity (Wildman–Crippen MR) is 58.6 cm³/mol. The maximum Gasteiger partial charge on any atom is 0.121 e. The van der Waals surface area contributed by atoms with E-state index in [4.69, 9.17) is 0 Å². The van der Waals surface area contributed by atoms with Crippen LogP contribution in [-0.2, 0) is 0 Å². The van der Waals surface area contributed by atoms with Crippen LogP contribution in [0.1, 0.15) is 11.1 Å². The topological polar surface area (TPSA) is 46.0 Å². The number of phenols is 1. The van der Waals surface area contributed by atoms with E-state index >= 15 is 0 Å². The highest BCUT2D eigenvalue weighted by Crippen LogP contribution is 2.27. The summed E-state index contributed by atoms with van der Waals surface area (Å²) in [5.74, 6) is 0.354. The van der Waals surface area contributed by atoms with Crippen molar-refractivity contribution in [2.45, 2.75) is 13.8 Å². The Balaban J connectivity index is 2.56. The summed E-state index contributed by atoms with van der Waals surface area (Å²) < 4.78 is 0. The molecule has 0 radical (unpaired) electrons. The predicted octanol–water partition coefficient (Wildman–Crippen LogP) is 2.47. The van der Waals surface area contributed by atoms with Crippen LogP contribution in [0.25, 0.3) is 11.3 Å². The maximum atomic E-state index is 9.64. The summed E-state index contributed by atoms with van der Waals surface area (Å²) >= 11 is 0. The van der Waals surface area contributed by atoms with E-state index in [-0.39, 0.29) is 0 Å². The molecule has 3 heteroatoms. The fourth-order valence-corrected chi connectivity index (χ4v) is 1.57. The van der Waals surface area contributed by atoms with Gasteiger partial charge in [-0.15, -0.1) is 0 Å². The van der Waals surface area contributed by atoms with Gasteiger partial charge in [0.2, 0.25) is 0 Å². The standard InChI is InChI=1S/C12H12N2O/c1-8-5-10(6-9(2)12(8)15)11-3-4-13-7-14-11/h3-7,15H,1-2H3. The summed E-state index contributed by atoms with van der Waals surface area (Å²) in [6.45, 7) is 3.76. The van der Waals surface area contributed by atoms with Crippen LogP contribution in [0.4, 0.5) is 0 Å². The Hall–Kier alpha value is -1.90. The lowest BCUT2D eigenvalue weighted by atomic mass is 10.0. The Labute approximate surface area is 88.5 Å². The van der Waals surface area contributed by atoms with E-state index in [9.17, 15) is 5.11 Å². The van der Waals surface area contributed by atoms with E-state index in [1.54, 1.807) is 6.20 Å². The van der Waals surface area contributed by atoms with Gasteiger partial charge in [0, 0.05) is 11.8 Å². The number of aryl methyl sites for hydroxylation is 2. The van der Waals surface area contributed by atoms with Crippen LogP contribution in [0, 0.1) is 13.8 Å². The molecule has 1 aromatic carbocycles. The maximum absolute atomic E-state index is 9.64. The fraction of sp³-hybridized carbons (Fsp3) is 0.167. The average molecular weight is 200 g/mol. The summed E-state index contributed by atoms with van der Waals surface area (Å²) in [7, 11) is 0. The second-order valence-electron chi connectivity index (χ2n) is 3.55. The normalized spacial score (nSPS) is 10.3. The zero-order valence-electron chi connectivity index (χ0n) is 8.73. The minimum Gasteiger partial charge on any atom is -0.507 e. The van der Waals surface area contributed by atoms with Gasteiger partial charge in [0.1, 0.15) is 12.1 Å². The lowest BCUT2D eigenvalue weighted by Crippen LogP contribution is -1.87. The molecule has 1 heterocycles. The van der Waals surface area contributed by atoms with E-state index in [1.807, 2.05) is 32.0 Å². The molecule has 0 aliphatic rings. The van der Waals surface area contributed by atoms with Gasteiger partial charge in [0.15, 0.2) is 0 Å². The molecule has 1 N–H and O–H groups in total. The minimum absolute atomic E-state index is 0.354. The number of aromatic nitrogens is 2. The SMILES string of the molecule is Cc1cc(-c2ccncn2)cc(C)c1O. The third kappa shape index (κ3) is 1.81. The minimum atomic E-state index is 0.354. The smallest absolute Gasteiger partial charge is 0.121 e. The van der Waals surface area contributed by atoms with Crippen LogP contribution in [0.5, 0.6) is 5.75 Å². The van der Waals surface area contributed by atoms with Crippen molar-refractivity contribution in [3.05, 3.63) is 41.9 Å². The van der Waals surface area contributed by atoms with Gasteiger partial charge in [-0.25, -0.2) is 9.97 Å². The number of nitrogens with zero attached hydrogens (tertiary/aromatic N) is 2. The molecule has 0 saturated carbocycles. The van der Waals surface area contributed by atoms with E-state index < -0.39 is 0 Å². The summed E-state index contributed by atoms with van der Waals surface area (Å²) in [5.41, 5.74) is 3.61. The zero-order valence-corrected chi connectivity index (χ0v) is 8.73. The summed E-state index contributed by atoms with van der Waals surface area (Å²) in [4.78, 5) is 8.04. The molecule has 3 nitrogen and oxygen atoms in total. The highest BCUT2D eigenvalue weighted by atomic mass is 16.3. The van der Waals surface area contributed by atoms with Gasteiger partial charge in [-0.05, 0) is 43.2 Å². The Bertz CT molecular complexity index is 457. The molecule has 15 heavy (non-hydrogen) atoms. The lowest BCUT2D eigenvalue weighted by Gasteiger charge is -2.06. The molecule has 1 aromatic heterocycles. The molecule has 0 aliphatic heterocycles. The van der Waals surface area contributed by atoms with Gasteiger partial charge in [0.05, 0.1) is 5.69 Å². The fourth-order valence-electron chi connectivity index (χ4n) is 1.57. The largest absolute Gasteiger partial charge is 0.507 e. The van der Waals surface area contributed by atoms with Crippen LogP contribution in [0.3, 0.4) is 0 Å². The second-order valence-corrected chi connectivity index (χ2v) is 3.55. The van der Waals surface area contributed by atoms with Crippen LogP contribution in [-0.4, -0.2) is 15.1 Å². The number of benzene rings is 1. The van der Waals surface area contributed by atoms with Crippen molar-refractivity contribution in [1.82, 2.24) is 9.97 Å². The Morgan fingerprint density at radius 2 is 1.80 bits per heavy atom. The first-order chi connectivity index (χ1) is 7.18. The van der Waals surface area contributed by atoms with Crippen LogP contribution in [0.15, 0.2) is 30.7 Å². The van der Waals surface area contributed by atoms with Gasteiger partial charge in [-0.3, -0.25) is 0 Å². The molecular weight excluding hydrogens is 188 g/mol. The third-order valence-electron chi connectivity index (χ3n) is 2.37. The molecule has 0 spiro atoms. The Kier molecular flexibility index (Phi) is 2.37. The molecule has 0 saturated heterocycles. The molecule has 0 aliphatic carbocycles. The van der Waals surface area contributed by atoms with E-state index in [0.29, 0.717) is 5.75 Å². The zero-order chi connectivity index (χ0) is 10.8. The van der Waals surface area contributed by atoms with Gasteiger partial charge in [-0.1, -0.05) is 0 Å². The monoisotopic (exact) mass is 200 g/mol. The van der Waals surface area contributed by atoms with E-state index in [0.717, 1.165) is 22.4 Å². The van der Waals surface area contributed by atoms with Crippen molar-refractivity contribution in [2.75, 3.05) is 0 Å². The number of aromatic hydroxyl groups is 1. The Morgan fingerprint density at radius 1 is 1.13 bits per heavy atom. The molecule has 76 valence electrons. The van der Waals surface area contributed by atoms with Crippen molar-refractivity contribution in [1.29, 1.82) is 0 Å². The van der Waals surface area contributed by atoms with Crippen molar-refractivity contribution in [2.24, 2.45) is 0 Å². The summed E-state index contributed by atoms with van der Waals surface area (Å²) in [6, 6.07) is 5.70. The van der Waals surface area contributed by atoms with E-state index in [1.165, 1.54) is 6.33 Å². The van der Waals surface area contributed by atoms with Gasteiger partial charge in [0.25, 0.3) is 0 Å². The molecule has 2 aromatic rings. The molecular formula is C12H12N2O. The van der Waals surface area contributed by atoms with Crippen molar-refractivity contribution < 1.29 is 5.11 Å². The van der Waals surface area contributed by atoms with Gasteiger partial charge < -0.3 is 5.11 Å². The second kappa shape index (κ2) is 3.69. The van der Waals surface area contributed by atoms with Crippen LogP contribution >= 0.6 is 0 Å². The lowest BCUT2D eigenvalue weighted by molar-refractivity contribution is 0.467. The van der Waals surface area contributed by atoms with Crippen molar-refractivity contribution >= 4 is 0 Å². The highest BCUT2D eigenvalue weighted by molar-refractivity contribution is 5.63. The number of phenolic OH excluding ortho intramolecular Hbond substituents is 1. The summed E-state index contributed by atoms with van der Waals surface area (Å²) in [5, 5.41) is 9.64. The van der Waals surface area contributed by atoms with Gasteiger partial charge in [-0.2, -0.15) is 0 Å². The first-order valence-electron chi connectivity index (χ1n) is 4.75. The van der Waals surface area contributed by atoms with Gasteiger partial charge >= 0.3 is 0 Å². The number of hydrogen-bond acceptors (Lipinski definition) is 3. The molecule has 0 fully saturated rings. The third-order valence-corrected chi connectivity index (χ3v) is 2.37. The highest BCUT2D eigenvalue weighted by Gasteiger charge is 2.05. The molecule has 0 atom stereocenters. The first kappa shape index (κ1) is 9.65. The Morgan fingerprint density at radius 3 is 2.33 bits per heavy atom. The average Bonchev–Trinajstić information content (AvgIpc) is 2.26. The van der Waals surface area contributed by atoms with Crippen LogP contribution in [0.2, 0.25) is 0 Å². The molecule has 0 amide bonds.